The zero-order chi connectivity index (χ0) is 12.5. The van der Waals surface area contributed by atoms with Gasteiger partial charge in [-0.05, 0) is 35.6 Å². The van der Waals surface area contributed by atoms with Crippen LogP contribution in [0.25, 0.3) is 0 Å². The monoisotopic (exact) mass is 289 g/mol. The number of sulfone groups is 1. The molecule has 0 aliphatic heterocycles. The maximum absolute atomic E-state index is 12.0. The molecule has 7 heteroatoms. The number of nitrogens with zero attached hydrogens (tertiary/aromatic N) is 2. The zero-order valence-electron chi connectivity index (χ0n) is 9.00. The van der Waals surface area contributed by atoms with E-state index >= 15 is 0 Å². The summed E-state index contributed by atoms with van der Waals surface area (Å²) in [6.07, 6.45) is 1.42. The van der Waals surface area contributed by atoms with Gasteiger partial charge in [-0.2, -0.15) is 3.96 Å². The number of benzene rings is 1. The highest BCUT2D eigenvalue weighted by atomic mass is 35.5. The van der Waals surface area contributed by atoms with Crippen molar-refractivity contribution in [1.29, 1.82) is 0 Å². The summed E-state index contributed by atoms with van der Waals surface area (Å²) in [5, 5.41) is 0. The van der Waals surface area contributed by atoms with Crippen LogP contribution in [-0.4, -0.2) is 13.4 Å². The number of aromatic nitrogens is 2. The average Bonchev–Trinajstić information content (AvgIpc) is 2.63. The van der Waals surface area contributed by atoms with E-state index in [4.69, 9.17) is 11.6 Å². The molecule has 17 heavy (non-hydrogen) atoms. The van der Waals surface area contributed by atoms with Crippen LogP contribution in [0.3, 0.4) is 0 Å². The molecular formula is C10H10ClN2O2S2+. The Hall–Kier alpha value is -0.980. The van der Waals surface area contributed by atoms with E-state index in [2.05, 4.69) is 4.98 Å². The molecule has 0 aliphatic rings. The molecule has 0 saturated heterocycles. The summed E-state index contributed by atoms with van der Waals surface area (Å²) in [6, 6.07) is 6.76. The van der Waals surface area contributed by atoms with Gasteiger partial charge in [-0.3, -0.25) is 0 Å². The molecule has 2 rings (SSSR count). The van der Waals surface area contributed by atoms with Crippen molar-refractivity contribution in [3.8, 4) is 0 Å². The second-order valence-electron chi connectivity index (χ2n) is 3.56. The Morgan fingerprint density at radius 2 is 2.00 bits per heavy atom. The minimum absolute atomic E-state index is 0.138. The lowest BCUT2D eigenvalue weighted by atomic mass is 10.2. The van der Waals surface area contributed by atoms with E-state index in [1.807, 2.05) is 6.92 Å². The van der Waals surface area contributed by atoms with E-state index in [1.54, 1.807) is 24.3 Å². The van der Waals surface area contributed by atoms with Crippen LogP contribution in [0, 0.1) is 6.92 Å². The van der Waals surface area contributed by atoms with Crippen LogP contribution in [0.5, 0.6) is 0 Å². The van der Waals surface area contributed by atoms with Gasteiger partial charge in [0.2, 0.25) is 15.7 Å². The normalized spacial score (nSPS) is 11.6. The van der Waals surface area contributed by atoms with Gasteiger partial charge in [0, 0.05) is 0 Å². The van der Waals surface area contributed by atoms with Gasteiger partial charge >= 0.3 is 10.8 Å². The first-order chi connectivity index (χ1) is 7.97. The van der Waals surface area contributed by atoms with E-state index in [0.29, 0.717) is 9.36 Å². The number of halogens is 1. The molecule has 0 saturated carbocycles. The lowest BCUT2D eigenvalue weighted by Gasteiger charge is -2.01. The summed E-state index contributed by atoms with van der Waals surface area (Å²) in [7, 11) is -3.34. The highest BCUT2D eigenvalue weighted by Gasteiger charge is 2.20. The van der Waals surface area contributed by atoms with Crippen LogP contribution in [0.4, 0.5) is 0 Å². The van der Waals surface area contributed by atoms with Crippen LogP contribution in [0.1, 0.15) is 5.56 Å². The van der Waals surface area contributed by atoms with Crippen molar-refractivity contribution in [1.82, 2.24) is 4.98 Å². The molecule has 0 atom stereocenters. The summed E-state index contributed by atoms with van der Waals surface area (Å²) >= 11 is 6.75. The average molecular weight is 290 g/mol. The standard InChI is InChI=1S/C10H10ClN2O2S2/c1-8-2-4-9(5-3-8)17(14,15)7-13-6-12-10(11)16-13/h2-6H,7H2,1H3/q+1. The van der Waals surface area contributed by atoms with E-state index in [0.717, 1.165) is 17.1 Å². The first-order valence-electron chi connectivity index (χ1n) is 4.78. The summed E-state index contributed by atoms with van der Waals surface area (Å²) < 4.78 is 25.9. The van der Waals surface area contributed by atoms with Crippen molar-refractivity contribution in [3.05, 3.63) is 40.6 Å². The van der Waals surface area contributed by atoms with Crippen molar-refractivity contribution < 1.29 is 12.4 Å². The van der Waals surface area contributed by atoms with Crippen LogP contribution in [0.2, 0.25) is 4.47 Å². The van der Waals surface area contributed by atoms with Gasteiger partial charge in [-0.1, -0.05) is 17.7 Å². The van der Waals surface area contributed by atoms with Crippen LogP contribution in [0.15, 0.2) is 35.5 Å². The van der Waals surface area contributed by atoms with E-state index < -0.39 is 9.84 Å². The molecule has 0 unspecified atom stereocenters. The minimum Gasteiger partial charge on any atom is -0.220 e. The van der Waals surface area contributed by atoms with Gasteiger partial charge in [-0.25, -0.2) is 8.42 Å². The molecule has 90 valence electrons. The van der Waals surface area contributed by atoms with Gasteiger partial charge in [0.25, 0.3) is 0 Å². The molecule has 0 amide bonds. The predicted molar refractivity (Wildman–Crippen MR) is 65.7 cm³/mol. The first kappa shape index (κ1) is 12.5. The number of hydrogen-bond donors (Lipinski definition) is 0. The van der Waals surface area contributed by atoms with E-state index in [9.17, 15) is 8.42 Å². The minimum atomic E-state index is -3.34. The Morgan fingerprint density at radius 1 is 1.35 bits per heavy atom. The molecular weight excluding hydrogens is 280 g/mol. The fourth-order valence-corrected chi connectivity index (χ4v) is 3.72. The Balaban J connectivity index is 2.28. The van der Waals surface area contributed by atoms with Crippen molar-refractivity contribution in [3.63, 3.8) is 0 Å². The lowest BCUT2D eigenvalue weighted by Crippen LogP contribution is -2.33. The van der Waals surface area contributed by atoms with Crippen LogP contribution in [-0.2, 0) is 15.7 Å². The van der Waals surface area contributed by atoms with Crippen molar-refractivity contribution in [2.24, 2.45) is 0 Å². The van der Waals surface area contributed by atoms with Crippen molar-refractivity contribution in [2.45, 2.75) is 17.7 Å². The lowest BCUT2D eigenvalue weighted by molar-refractivity contribution is -0.609. The second kappa shape index (κ2) is 4.72. The quantitative estimate of drug-likeness (QED) is 0.810. The van der Waals surface area contributed by atoms with Gasteiger partial charge < -0.3 is 0 Å². The fourth-order valence-electron chi connectivity index (χ4n) is 1.30. The third kappa shape index (κ3) is 3.02. The molecule has 0 spiro atoms. The second-order valence-corrected chi connectivity index (χ2v) is 7.14. The highest BCUT2D eigenvalue weighted by Crippen LogP contribution is 2.13. The highest BCUT2D eigenvalue weighted by molar-refractivity contribution is 7.90. The number of hydrogen-bond acceptors (Lipinski definition) is 4. The summed E-state index contributed by atoms with van der Waals surface area (Å²) in [4.78, 5) is 4.10. The molecule has 0 radical (unpaired) electrons. The Bertz CT molecular complexity index is 620. The number of rotatable bonds is 3. The smallest absolute Gasteiger partial charge is 0.220 e. The molecule has 4 nitrogen and oxygen atoms in total. The molecule has 0 aliphatic carbocycles. The SMILES string of the molecule is Cc1ccc(S(=O)(=O)C[n+]2cnc(Cl)s2)cc1. The zero-order valence-corrected chi connectivity index (χ0v) is 11.4. The van der Waals surface area contributed by atoms with Gasteiger partial charge in [0.1, 0.15) is 11.5 Å². The maximum atomic E-state index is 12.0. The summed E-state index contributed by atoms with van der Waals surface area (Å²) in [5.41, 5.74) is 1.03. The Morgan fingerprint density at radius 3 is 2.53 bits per heavy atom. The first-order valence-corrected chi connectivity index (χ1v) is 7.58. The molecule has 1 aromatic heterocycles. The Kier molecular flexibility index (Phi) is 3.46. The molecule has 0 N–H and O–H groups in total. The summed E-state index contributed by atoms with van der Waals surface area (Å²) in [6.45, 7) is 1.91. The topological polar surface area (TPSA) is 50.9 Å². The van der Waals surface area contributed by atoms with Gasteiger partial charge in [0.15, 0.2) is 0 Å². The molecule has 2 aromatic rings. The Labute approximate surface area is 109 Å². The molecule has 1 aromatic carbocycles. The number of aryl methyl sites for hydroxylation is 1. The molecule has 0 fully saturated rings. The van der Waals surface area contributed by atoms with E-state index in [1.165, 1.54) is 10.3 Å². The van der Waals surface area contributed by atoms with Crippen LogP contribution >= 0.6 is 23.1 Å². The predicted octanol–water partition coefficient (Wildman–Crippen LogP) is 1.82. The van der Waals surface area contributed by atoms with Gasteiger partial charge in [0.05, 0.1) is 4.90 Å². The van der Waals surface area contributed by atoms with E-state index in [-0.39, 0.29) is 5.88 Å². The molecule has 1 heterocycles. The largest absolute Gasteiger partial charge is 0.333 e. The maximum Gasteiger partial charge on any atom is 0.333 e. The fraction of sp³-hybridized carbons (Fsp3) is 0.200. The third-order valence-electron chi connectivity index (χ3n) is 2.16. The van der Waals surface area contributed by atoms with Crippen LogP contribution < -0.4 is 3.96 Å². The van der Waals surface area contributed by atoms with Crippen molar-refractivity contribution in [2.75, 3.05) is 0 Å². The van der Waals surface area contributed by atoms with Gasteiger partial charge in [-0.15, -0.1) is 0 Å². The van der Waals surface area contributed by atoms with Crippen molar-refractivity contribution >= 4 is 33.0 Å². The third-order valence-corrected chi connectivity index (χ3v) is 4.95. The molecule has 0 bridgehead atoms. The summed E-state index contributed by atoms with van der Waals surface area (Å²) in [5.74, 6) is -0.138.